The Kier molecular flexibility index (Phi) is 5.10. The summed E-state index contributed by atoms with van der Waals surface area (Å²) in [6.07, 6.45) is 4.16. The van der Waals surface area contributed by atoms with Gasteiger partial charge in [0.15, 0.2) is 5.69 Å². The Morgan fingerprint density at radius 3 is 2.97 bits per heavy atom. The highest BCUT2D eigenvalue weighted by Gasteiger charge is 2.27. The number of carbonyl (C=O) groups excluding carboxylic acids is 1. The maximum Gasteiger partial charge on any atom is 0.276 e. The fourth-order valence-electron chi connectivity index (χ4n) is 3.72. The van der Waals surface area contributed by atoms with Crippen LogP contribution in [0, 0.1) is 5.92 Å². The molecular formula is C21H20N6O2S. The number of hydrogen-bond acceptors (Lipinski definition) is 7. The largest absolute Gasteiger partial charge is 0.339 e. The Morgan fingerprint density at radius 2 is 2.13 bits per heavy atom. The van der Waals surface area contributed by atoms with Crippen LogP contribution in [0.1, 0.15) is 29.2 Å². The Labute approximate surface area is 177 Å². The second-order valence-electron chi connectivity index (χ2n) is 7.34. The minimum atomic E-state index is -0.0913. The smallest absolute Gasteiger partial charge is 0.276 e. The minimum absolute atomic E-state index is 0.0913. The van der Waals surface area contributed by atoms with Crippen LogP contribution in [0.3, 0.4) is 0 Å². The molecule has 1 fully saturated rings. The van der Waals surface area contributed by atoms with Crippen LogP contribution in [0.2, 0.25) is 0 Å². The van der Waals surface area contributed by atoms with Gasteiger partial charge in [-0.3, -0.25) is 4.79 Å². The fourth-order valence-corrected chi connectivity index (χ4v) is 4.35. The number of piperidine rings is 1. The van der Waals surface area contributed by atoms with Gasteiger partial charge in [-0.1, -0.05) is 23.4 Å². The zero-order valence-electron chi connectivity index (χ0n) is 16.2. The average Bonchev–Trinajstić information content (AvgIpc) is 3.55. The molecule has 1 saturated heterocycles. The quantitative estimate of drug-likeness (QED) is 0.491. The second-order valence-corrected chi connectivity index (χ2v) is 8.12. The van der Waals surface area contributed by atoms with Crippen LogP contribution in [0.15, 0.2) is 57.9 Å². The number of hydrogen-bond donors (Lipinski definition) is 0. The van der Waals surface area contributed by atoms with Crippen molar-refractivity contribution >= 4 is 17.2 Å². The van der Waals surface area contributed by atoms with Gasteiger partial charge in [0.05, 0.1) is 11.9 Å². The Hall–Kier alpha value is -3.33. The number of likely N-dealkylation sites (tertiary alicyclic amines) is 1. The molecule has 0 aliphatic carbocycles. The standard InChI is InChI=1S/C21H20N6O2S/c28-21(18-12-22-27(24-18)17-6-2-1-3-7-17)26-9-4-5-15(13-26)11-19-23-20(25-29-19)16-8-10-30-14-16/h1-3,6-8,10,12,14-15H,4-5,9,11,13H2. The molecule has 1 aliphatic rings. The molecule has 1 atom stereocenters. The van der Waals surface area contributed by atoms with Crippen molar-refractivity contribution in [2.24, 2.45) is 5.92 Å². The third-order valence-electron chi connectivity index (χ3n) is 5.22. The van der Waals surface area contributed by atoms with Crippen LogP contribution in [0.25, 0.3) is 17.1 Å². The highest BCUT2D eigenvalue weighted by molar-refractivity contribution is 7.08. The minimum Gasteiger partial charge on any atom is -0.339 e. The molecule has 0 N–H and O–H groups in total. The van der Waals surface area contributed by atoms with Gasteiger partial charge in [-0.15, -0.1) is 5.10 Å². The van der Waals surface area contributed by atoms with Crippen molar-refractivity contribution in [2.45, 2.75) is 19.3 Å². The lowest BCUT2D eigenvalue weighted by atomic mass is 9.94. The molecular weight excluding hydrogens is 400 g/mol. The van der Waals surface area contributed by atoms with E-state index in [1.807, 2.05) is 52.1 Å². The highest BCUT2D eigenvalue weighted by Crippen LogP contribution is 2.24. The zero-order valence-corrected chi connectivity index (χ0v) is 17.0. The van der Waals surface area contributed by atoms with E-state index in [9.17, 15) is 4.79 Å². The van der Waals surface area contributed by atoms with E-state index in [1.165, 1.54) is 11.0 Å². The molecule has 1 unspecified atom stereocenters. The van der Waals surface area contributed by atoms with E-state index >= 15 is 0 Å². The molecule has 1 aliphatic heterocycles. The van der Waals surface area contributed by atoms with E-state index in [0.717, 1.165) is 30.6 Å². The van der Waals surface area contributed by atoms with Crippen molar-refractivity contribution in [1.82, 2.24) is 30.0 Å². The van der Waals surface area contributed by atoms with E-state index < -0.39 is 0 Å². The maximum atomic E-state index is 13.0. The van der Waals surface area contributed by atoms with E-state index in [4.69, 9.17) is 4.52 Å². The summed E-state index contributed by atoms with van der Waals surface area (Å²) >= 11 is 1.60. The van der Waals surface area contributed by atoms with Crippen molar-refractivity contribution in [3.63, 3.8) is 0 Å². The molecule has 0 saturated carbocycles. The van der Waals surface area contributed by atoms with E-state index in [-0.39, 0.29) is 11.8 Å². The van der Waals surface area contributed by atoms with Gasteiger partial charge in [-0.05, 0) is 42.3 Å². The summed E-state index contributed by atoms with van der Waals surface area (Å²) in [5.41, 5.74) is 2.15. The monoisotopic (exact) mass is 420 g/mol. The number of benzene rings is 1. The summed E-state index contributed by atoms with van der Waals surface area (Å²) in [4.78, 5) is 20.8. The van der Waals surface area contributed by atoms with Gasteiger partial charge in [0.2, 0.25) is 11.7 Å². The summed E-state index contributed by atoms with van der Waals surface area (Å²) in [6, 6.07) is 11.5. The molecule has 4 aromatic rings. The first-order valence-electron chi connectivity index (χ1n) is 9.88. The number of thiophene rings is 1. The predicted molar refractivity (Wildman–Crippen MR) is 111 cm³/mol. The van der Waals surface area contributed by atoms with Gasteiger partial charge < -0.3 is 9.42 Å². The van der Waals surface area contributed by atoms with Crippen LogP contribution in [-0.4, -0.2) is 49.0 Å². The lowest BCUT2D eigenvalue weighted by molar-refractivity contribution is 0.0661. The summed E-state index contributed by atoms with van der Waals surface area (Å²) in [6.45, 7) is 1.37. The Morgan fingerprint density at radius 1 is 1.23 bits per heavy atom. The number of aromatic nitrogens is 5. The lowest BCUT2D eigenvalue weighted by Crippen LogP contribution is -2.40. The number of rotatable bonds is 5. The zero-order chi connectivity index (χ0) is 20.3. The molecule has 152 valence electrons. The third kappa shape index (κ3) is 3.88. The van der Waals surface area contributed by atoms with Crippen molar-refractivity contribution in [3.8, 4) is 17.1 Å². The van der Waals surface area contributed by atoms with E-state index in [1.54, 1.807) is 11.3 Å². The molecule has 1 amide bonds. The van der Waals surface area contributed by atoms with Crippen LogP contribution in [0.4, 0.5) is 0 Å². The van der Waals surface area contributed by atoms with Gasteiger partial charge in [0.1, 0.15) is 0 Å². The van der Waals surface area contributed by atoms with Gasteiger partial charge in [-0.25, -0.2) is 0 Å². The molecule has 30 heavy (non-hydrogen) atoms. The number of nitrogens with zero attached hydrogens (tertiary/aromatic N) is 6. The van der Waals surface area contributed by atoms with Gasteiger partial charge in [0.25, 0.3) is 5.91 Å². The summed E-state index contributed by atoms with van der Waals surface area (Å²) in [7, 11) is 0. The summed E-state index contributed by atoms with van der Waals surface area (Å²) in [5, 5.41) is 16.7. The molecule has 0 spiro atoms. The van der Waals surface area contributed by atoms with Crippen molar-refractivity contribution < 1.29 is 9.32 Å². The number of amides is 1. The highest BCUT2D eigenvalue weighted by atomic mass is 32.1. The summed E-state index contributed by atoms with van der Waals surface area (Å²) < 4.78 is 5.44. The molecule has 1 aromatic carbocycles. The van der Waals surface area contributed by atoms with Crippen molar-refractivity contribution in [3.05, 3.63) is 64.9 Å². The third-order valence-corrected chi connectivity index (χ3v) is 5.90. The van der Waals surface area contributed by atoms with Crippen LogP contribution in [0.5, 0.6) is 0 Å². The molecule has 5 rings (SSSR count). The Bertz CT molecular complexity index is 1120. The number of carbonyl (C=O) groups is 1. The van der Waals surface area contributed by atoms with Gasteiger partial charge in [-0.2, -0.15) is 26.2 Å². The molecule has 0 bridgehead atoms. The second kappa shape index (κ2) is 8.19. The van der Waals surface area contributed by atoms with Crippen LogP contribution < -0.4 is 0 Å². The lowest BCUT2D eigenvalue weighted by Gasteiger charge is -2.31. The Balaban J connectivity index is 1.24. The fraction of sp³-hybridized carbons (Fsp3) is 0.286. The van der Waals surface area contributed by atoms with Crippen LogP contribution >= 0.6 is 11.3 Å². The first-order chi connectivity index (χ1) is 14.8. The first kappa shape index (κ1) is 18.7. The molecule has 9 heteroatoms. The predicted octanol–water partition coefficient (Wildman–Crippen LogP) is 3.47. The molecule has 4 heterocycles. The molecule has 0 radical (unpaired) electrons. The maximum absolute atomic E-state index is 13.0. The van der Waals surface area contributed by atoms with Gasteiger partial charge >= 0.3 is 0 Å². The first-order valence-corrected chi connectivity index (χ1v) is 10.8. The molecule has 8 nitrogen and oxygen atoms in total. The van der Waals surface area contributed by atoms with Crippen LogP contribution in [-0.2, 0) is 6.42 Å². The van der Waals surface area contributed by atoms with E-state index in [0.29, 0.717) is 30.4 Å². The SMILES string of the molecule is O=C(c1cnn(-c2ccccc2)n1)N1CCCC(Cc2nc(-c3ccsc3)no2)C1. The average molecular weight is 420 g/mol. The normalized spacial score (nSPS) is 16.7. The summed E-state index contributed by atoms with van der Waals surface area (Å²) in [5.74, 6) is 1.42. The van der Waals surface area contributed by atoms with Gasteiger partial charge in [0, 0.05) is 30.5 Å². The topological polar surface area (TPSA) is 89.9 Å². The molecule has 3 aromatic heterocycles. The van der Waals surface area contributed by atoms with Crippen molar-refractivity contribution in [2.75, 3.05) is 13.1 Å². The van der Waals surface area contributed by atoms with E-state index in [2.05, 4.69) is 20.3 Å². The van der Waals surface area contributed by atoms with Crippen molar-refractivity contribution in [1.29, 1.82) is 0 Å². The number of para-hydroxylation sites is 1.